The van der Waals surface area contributed by atoms with E-state index in [1.54, 1.807) is 39.8 Å². The molecule has 1 aromatic heterocycles. The molecule has 8 heteroatoms. The third-order valence-electron chi connectivity index (χ3n) is 3.56. The largest absolute Gasteiger partial charge is 0.443 e. The summed E-state index contributed by atoms with van der Waals surface area (Å²) in [6.07, 6.45) is -3.84. The van der Waals surface area contributed by atoms with Crippen LogP contribution in [-0.4, -0.2) is 16.7 Å². The Labute approximate surface area is 164 Å². The van der Waals surface area contributed by atoms with Gasteiger partial charge in [-0.05, 0) is 57.0 Å². The zero-order valence-corrected chi connectivity index (χ0v) is 17.0. The van der Waals surface area contributed by atoms with Crippen molar-refractivity contribution in [3.05, 3.63) is 57.7 Å². The first-order chi connectivity index (χ1) is 12.4. The third kappa shape index (κ3) is 5.69. The number of alkyl halides is 3. The van der Waals surface area contributed by atoms with Crippen LogP contribution < -0.4 is 4.90 Å². The molecular weight excluding hydrogens is 425 g/mol. The van der Waals surface area contributed by atoms with Crippen LogP contribution >= 0.6 is 15.9 Å². The number of hydrogen-bond donors (Lipinski definition) is 0. The molecule has 0 saturated heterocycles. The molecule has 146 valence electrons. The van der Waals surface area contributed by atoms with E-state index in [2.05, 4.69) is 20.9 Å². The van der Waals surface area contributed by atoms with E-state index in [9.17, 15) is 18.0 Å². The highest BCUT2D eigenvalue weighted by atomic mass is 79.9. The standard InChI is InChI=1S/C19H20BrF3N2O2/c1-12-6-5-9-24-16(12)25(17(26)27-18(2,3)4)11-13-7-8-14(20)10-15(13)19(21,22)23/h5-10H,11H2,1-4H3. The van der Waals surface area contributed by atoms with Crippen molar-refractivity contribution >= 4 is 27.8 Å². The zero-order chi connectivity index (χ0) is 20.4. The van der Waals surface area contributed by atoms with Crippen LogP contribution in [0.5, 0.6) is 0 Å². The molecule has 1 aromatic carbocycles. The van der Waals surface area contributed by atoms with Crippen LogP contribution in [0.3, 0.4) is 0 Å². The summed E-state index contributed by atoms with van der Waals surface area (Å²) in [6.45, 7) is 6.47. The number of rotatable bonds is 3. The molecule has 1 heterocycles. The van der Waals surface area contributed by atoms with Crippen LogP contribution in [0.15, 0.2) is 41.0 Å². The first-order valence-corrected chi connectivity index (χ1v) is 8.95. The molecule has 0 unspecified atom stereocenters. The highest BCUT2D eigenvalue weighted by molar-refractivity contribution is 9.10. The first kappa shape index (κ1) is 21.2. The van der Waals surface area contributed by atoms with Gasteiger partial charge in [0.25, 0.3) is 0 Å². The maximum Gasteiger partial charge on any atom is 0.416 e. The molecule has 2 rings (SSSR count). The molecule has 4 nitrogen and oxygen atoms in total. The quantitative estimate of drug-likeness (QED) is 0.572. The van der Waals surface area contributed by atoms with Crippen molar-refractivity contribution in [2.45, 2.75) is 46.0 Å². The Morgan fingerprint density at radius 3 is 2.44 bits per heavy atom. The van der Waals surface area contributed by atoms with Gasteiger partial charge in [0, 0.05) is 10.7 Å². The van der Waals surface area contributed by atoms with Gasteiger partial charge in [-0.1, -0.05) is 28.1 Å². The molecule has 27 heavy (non-hydrogen) atoms. The van der Waals surface area contributed by atoms with Gasteiger partial charge in [0.1, 0.15) is 11.4 Å². The second-order valence-electron chi connectivity index (χ2n) is 7.01. The topological polar surface area (TPSA) is 42.4 Å². The van der Waals surface area contributed by atoms with Gasteiger partial charge in [-0.15, -0.1) is 0 Å². The van der Waals surface area contributed by atoms with Crippen LogP contribution in [0.4, 0.5) is 23.8 Å². The van der Waals surface area contributed by atoms with Gasteiger partial charge < -0.3 is 4.74 Å². The summed E-state index contributed by atoms with van der Waals surface area (Å²) in [6, 6.07) is 7.25. The number of anilines is 1. The fourth-order valence-electron chi connectivity index (χ4n) is 2.42. The second kappa shape index (κ2) is 7.88. The molecule has 1 amide bonds. The Balaban J connectivity index is 2.51. The van der Waals surface area contributed by atoms with Crippen LogP contribution in [0.2, 0.25) is 0 Å². The molecule has 0 saturated carbocycles. The Morgan fingerprint density at radius 2 is 1.89 bits per heavy atom. The number of carbonyl (C=O) groups excluding carboxylic acids is 1. The minimum Gasteiger partial charge on any atom is -0.443 e. The van der Waals surface area contributed by atoms with E-state index < -0.39 is 23.4 Å². The second-order valence-corrected chi connectivity index (χ2v) is 7.93. The number of pyridine rings is 1. The number of hydrogen-bond acceptors (Lipinski definition) is 3. The predicted octanol–water partition coefficient (Wildman–Crippen LogP) is 6.11. The predicted molar refractivity (Wildman–Crippen MR) is 101 cm³/mol. The number of ether oxygens (including phenoxy) is 1. The molecule has 0 N–H and O–H groups in total. The van der Waals surface area contributed by atoms with Gasteiger partial charge in [-0.25, -0.2) is 9.78 Å². The fraction of sp³-hybridized carbons (Fsp3) is 0.368. The van der Waals surface area contributed by atoms with Gasteiger partial charge in [-0.3, -0.25) is 4.90 Å². The lowest BCUT2D eigenvalue weighted by molar-refractivity contribution is -0.138. The van der Waals surface area contributed by atoms with E-state index in [0.717, 1.165) is 11.0 Å². The lowest BCUT2D eigenvalue weighted by Gasteiger charge is -2.28. The summed E-state index contributed by atoms with van der Waals surface area (Å²) >= 11 is 3.06. The molecule has 0 fully saturated rings. The smallest absolute Gasteiger partial charge is 0.416 e. The molecule has 0 bridgehead atoms. The molecule has 0 aliphatic rings. The van der Waals surface area contributed by atoms with Crippen molar-refractivity contribution in [2.24, 2.45) is 0 Å². The van der Waals surface area contributed by atoms with E-state index >= 15 is 0 Å². The van der Waals surface area contributed by atoms with Crippen LogP contribution in [-0.2, 0) is 17.5 Å². The highest BCUT2D eigenvalue weighted by Gasteiger charge is 2.35. The molecule has 0 atom stereocenters. The van der Waals surface area contributed by atoms with Crippen molar-refractivity contribution in [1.29, 1.82) is 0 Å². The number of amides is 1. The zero-order valence-electron chi connectivity index (χ0n) is 15.4. The van der Waals surface area contributed by atoms with Gasteiger partial charge in [0.2, 0.25) is 0 Å². The van der Waals surface area contributed by atoms with E-state index in [1.165, 1.54) is 18.3 Å². The lowest BCUT2D eigenvalue weighted by Crippen LogP contribution is -2.37. The van der Waals surface area contributed by atoms with E-state index in [1.807, 2.05) is 0 Å². The molecule has 0 aliphatic carbocycles. The minimum absolute atomic E-state index is 0.0541. The van der Waals surface area contributed by atoms with Gasteiger partial charge >= 0.3 is 12.3 Å². The Hall–Kier alpha value is -2.09. The maximum atomic E-state index is 13.5. The van der Waals surface area contributed by atoms with Gasteiger partial charge in [0.05, 0.1) is 12.1 Å². The van der Waals surface area contributed by atoms with Crippen molar-refractivity contribution in [3.8, 4) is 0 Å². The number of carbonyl (C=O) groups is 1. The Bertz CT molecular complexity index is 832. The van der Waals surface area contributed by atoms with Crippen LogP contribution in [0.25, 0.3) is 0 Å². The Kier molecular flexibility index (Phi) is 6.19. The average Bonchev–Trinajstić information content (AvgIpc) is 2.52. The third-order valence-corrected chi connectivity index (χ3v) is 4.05. The molecule has 0 aliphatic heterocycles. The summed E-state index contributed by atoms with van der Waals surface area (Å²) in [5.41, 5.74) is -1.03. The summed E-state index contributed by atoms with van der Waals surface area (Å²) in [4.78, 5) is 18.0. The normalized spacial score (nSPS) is 12.0. The highest BCUT2D eigenvalue weighted by Crippen LogP contribution is 2.35. The van der Waals surface area contributed by atoms with Gasteiger partial charge in [0.15, 0.2) is 0 Å². The number of halogens is 4. The summed E-state index contributed by atoms with van der Waals surface area (Å²) < 4.78 is 46.1. The molecular formula is C19H20BrF3N2O2. The summed E-state index contributed by atoms with van der Waals surface area (Å²) in [5, 5.41) is 0. The van der Waals surface area contributed by atoms with Crippen molar-refractivity contribution < 1.29 is 22.7 Å². The molecule has 0 radical (unpaired) electrons. The van der Waals surface area contributed by atoms with Gasteiger partial charge in [-0.2, -0.15) is 13.2 Å². The van der Waals surface area contributed by atoms with Crippen molar-refractivity contribution in [3.63, 3.8) is 0 Å². The lowest BCUT2D eigenvalue weighted by atomic mass is 10.1. The van der Waals surface area contributed by atoms with E-state index in [-0.39, 0.29) is 17.9 Å². The summed E-state index contributed by atoms with van der Waals surface area (Å²) in [7, 11) is 0. The fourth-order valence-corrected chi connectivity index (χ4v) is 2.78. The van der Waals surface area contributed by atoms with Crippen LogP contribution in [0, 0.1) is 6.92 Å². The van der Waals surface area contributed by atoms with E-state index in [4.69, 9.17) is 4.74 Å². The SMILES string of the molecule is Cc1cccnc1N(Cc1ccc(Br)cc1C(F)(F)F)C(=O)OC(C)(C)C. The number of aryl methyl sites for hydroxylation is 1. The van der Waals surface area contributed by atoms with E-state index in [0.29, 0.717) is 10.0 Å². The minimum atomic E-state index is -4.56. The summed E-state index contributed by atoms with van der Waals surface area (Å²) in [5.74, 6) is 0.253. The Morgan fingerprint density at radius 1 is 1.22 bits per heavy atom. The monoisotopic (exact) mass is 444 g/mol. The van der Waals surface area contributed by atoms with Crippen molar-refractivity contribution in [2.75, 3.05) is 4.90 Å². The number of benzene rings is 1. The molecule has 2 aromatic rings. The van der Waals surface area contributed by atoms with Crippen LogP contribution in [0.1, 0.15) is 37.5 Å². The maximum absolute atomic E-state index is 13.5. The average molecular weight is 445 g/mol. The number of aromatic nitrogens is 1. The number of nitrogens with zero attached hydrogens (tertiary/aromatic N) is 2. The van der Waals surface area contributed by atoms with Crippen molar-refractivity contribution in [1.82, 2.24) is 4.98 Å². The molecule has 0 spiro atoms. The first-order valence-electron chi connectivity index (χ1n) is 8.16.